The second-order valence-electron chi connectivity index (χ2n) is 13.4. The van der Waals surface area contributed by atoms with Crippen molar-refractivity contribution in [2.75, 3.05) is 0 Å². The number of benzene rings is 6. The smallest absolute Gasteiger partial charge is 0.238 e. The SMILES string of the molecule is CC(C)(C)c1cccc(-c2nc(-c3ccccc3)nc(-n3c4ccccc4c4c3ccc3c5ccccc5n(-c5ccccc5)c34)n2)c1. The Labute approximate surface area is 278 Å². The largest absolute Gasteiger partial charge is 0.309 e. The average molecular weight is 620 g/mol. The van der Waals surface area contributed by atoms with Crippen molar-refractivity contribution in [3.8, 4) is 34.4 Å². The van der Waals surface area contributed by atoms with Gasteiger partial charge in [-0.15, -0.1) is 0 Å². The first-order chi connectivity index (χ1) is 23.5. The highest BCUT2D eigenvalue weighted by Gasteiger charge is 2.23. The molecule has 0 spiro atoms. The number of aromatic nitrogens is 5. The summed E-state index contributed by atoms with van der Waals surface area (Å²) in [5.74, 6) is 1.88. The molecule has 0 fully saturated rings. The Morgan fingerprint density at radius 3 is 1.79 bits per heavy atom. The van der Waals surface area contributed by atoms with Crippen LogP contribution in [0.15, 0.2) is 146 Å². The molecule has 0 amide bonds. The maximum atomic E-state index is 5.23. The highest BCUT2D eigenvalue weighted by Crippen LogP contribution is 2.41. The minimum absolute atomic E-state index is 0.0104. The van der Waals surface area contributed by atoms with E-state index in [9.17, 15) is 0 Å². The summed E-state index contributed by atoms with van der Waals surface area (Å²) in [4.78, 5) is 15.5. The maximum Gasteiger partial charge on any atom is 0.238 e. The van der Waals surface area contributed by atoms with Gasteiger partial charge < -0.3 is 4.57 Å². The van der Waals surface area contributed by atoms with Gasteiger partial charge >= 0.3 is 0 Å². The summed E-state index contributed by atoms with van der Waals surface area (Å²) < 4.78 is 4.61. The van der Waals surface area contributed by atoms with Crippen molar-refractivity contribution in [1.29, 1.82) is 0 Å². The molecule has 0 radical (unpaired) electrons. The fourth-order valence-electron chi connectivity index (χ4n) is 7.00. The van der Waals surface area contributed by atoms with Gasteiger partial charge in [0.1, 0.15) is 0 Å². The molecule has 3 heterocycles. The number of fused-ring (bicyclic) bond motifs is 7. The topological polar surface area (TPSA) is 48.5 Å². The minimum atomic E-state index is -0.0104. The van der Waals surface area contributed by atoms with Crippen LogP contribution in [-0.4, -0.2) is 24.1 Å². The van der Waals surface area contributed by atoms with E-state index >= 15 is 0 Å². The molecule has 9 aromatic rings. The van der Waals surface area contributed by atoms with Gasteiger partial charge in [0.05, 0.1) is 22.1 Å². The number of hydrogen-bond donors (Lipinski definition) is 0. The highest BCUT2D eigenvalue weighted by molar-refractivity contribution is 6.26. The summed E-state index contributed by atoms with van der Waals surface area (Å²) in [6.07, 6.45) is 0. The first-order valence-corrected chi connectivity index (χ1v) is 16.4. The molecule has 9 rings (SSSR count). The van der Waals surface area contributed by atoms with Gasteiger partial charge in [-0.25, -0.2) is 4.98 Å². The molecule has 5 nitrogen and oxygen atoms in total. The third-order valence-corrected chi connectivity index (χ3v) is 9.33. The van der Waals surface area contributed by atoms with Crippen molar-refractivity contribution in [1.82, 2.24) is 24.1 Å². The molecule has 0 N–H and O–H groups in total. The Hall–Kier alpha value is -6.07. The molecular formula is C43H33N5. The molecular weight excluding hydrogens is 587 g/mol. The van der Waals surface area contributed by atoms with E-state index in [2.05, 4.69) is 157 Å². The van der Waals surface area contributed by atoms with Crippen LogP contribution < -0.4 is 0 Å². The lowest BCUT2D eigenvalue weighted by Crippen LogP contribution is -2.11. The first kappa shape index (κ1) is 28.2. The monoisotopic (exact) mass is 619 g/mol. The van der Waals surface area contributed by atoms with Gasteiger partial charge in [-0.3, -0.25) is 4.57 Å². The van der Waals surface area contributed by atoms with Crippen LogP contribution >= 0.6 is 0 Å². The van der Waals surface area contributed by atoms with Crippen LogP contribution in [0.5, 0.6) is 0 Å². The third kappa shape index (κ3) is 4.43. The summed E-state index contributed by atoms with van der Waals surface area (Å²) >= 11 is 0. The molecule has 5 heteroatoms. The molecule has 0 saturated heterocycles. The highest BCUT2D eigenvalue weighted by atomic mass is 15.2. The normalized spacial score (nSPS) is 12.1. The van der Waals surface area contributed by atoms with Crippen molar-refractivity contribution in [3.05, 3.63) is 151 Å². The van der Waals surface area contributed by atoms with Crippen LogP contribution in [0.3, 0.4) is 0 Å². The number of para-hydroxylation sites is 3. The summed E-state index contributed by atoms with van der Waals surface area (Å²) in [7, 11) is 0. The first-order valence-electron chi connectivity index (χ1n) is 16.4. The number of nitrogens with zero attached hydrogens (tertiary/aromatic N) is 5. The van der Waals surface area contributed by atoms with Crippen LogP contribution in [0.25, 0.3) is 78.0 Å². The summed E-state index contributed by atoms with van der Waals surface area (Å²) in [6.45, 7) is 6.69. The molecule has 0 bridgehead atoms. The van der Waals surface area contributed by atoms with Gasteiger partial charge in [0.15, 0.2) is 11.6 Å². The molecule has 48 heavy (non-hydrogen) atoms. The molecule has 0 unspecified atom stereocenters. The molecule has 230 valence electrons. The van der Waals surface area contributed by atoms with Gasteiger partial charge in [-0.1, -0.05) is 130 Å². The molecule has 0 atom stereocenters. The van der Waals surface area contributed by atoms with Crippen LogP contribution in [0.2, 0.25) is 0 Å². The van der Waals surface area contributed by atoms with E-state index in [-0.39, 0.29) is 5.41 Å². The number of hydrogen-bond acceptors (Lipinski definition) is 3. The fraction of sp³-hybridized carbons (Fsp3) is 0.0930. The maximum absolute atomic E-state index is 5.23. The Morgan fingerprint density at radius 2 is 1.06 bits per heavy atom. The molecule has 6 aromatic carbocycles. The van der Waals surface area contributed by atoms with Gasteiger partial charge in [-0.05, 0) is 47.4 Å². The summed E-state index contributed by atoms with van der Waals surface area (Å²) in [5, 5.41) is 4.75. The van der Waals surface area contributed by atoms with E-state index in [4.69, 9.17) is 15.0 Å². The quantitative estimate of drug-likeness (QED) is 0.197. The molecule has 0 aliphatic rings. The molecule has 0 saturated carbocycles. The molecule has 0 aliphatic heterocycles. The second kappa shape index (κ2) is 10.7. The van der Waals surface area contributed by atoms with Crippen molar-refractivity contribution in [3.63, 3.8) is 0 Å². The summed E-state index contributed by atoms with van der Waals surface area (Å²) in [6, 6.07) is 51.1. The van der Waals surface area contributed by atoms with E-state index in [1.54, 1.807) is 0 Å². The lowest BCUT2D eigenvalue weighted by Gasteiger charge is -2.19. The fourth-order valence-corrected chi connectivity index (χ4v) is 7.00. The van der Waals surface area contributed by atoms with E-state index in [0.717, 1.165) is 33.2 Å². The number of rotatable bonds is 4. The van der Waals surface area contributed by atoms with Crippen LogP contribution in [0.1, 0.15) is 26.3 Å². The van der Waals surface area contributed by atoms with Crippen molar-refractivity contribution >= 4 is 43.6 Å². The van der Waals surface area contributed by atoms with Crippen LogP contribution in [-0.2, 0) is 5.41 Å². The predicted octanol–water partition coefficient (Wildman–Crippen LogP) is 10.7. The van der Waals surface area contributed by atoms with Gasteiger partial charge in [0, 0.05) is 38.4 Å². The Morgan fingerprint density at radius 1 is 0.458 bits per heavy atom. The van der Waals surface area contributed by atoms with Crippen molar-refractivity contribution < 1.29 is 0 Å². The Balaban J connectivity index is 1.40. The van der Waals surface area contributed by atoms with Gasteiger partial charge in [-0.2, -0.15) is 9.97 Å². The standard InChI is InChI=1S/C43H33N5/c1-43(2,3)30-18-14-17-29(27-30)41-44-40(28-15-6-4-7-16-28)45-42(46-41)48-36-24-13-11-22-34(36)38-37(48)26-25-33-32-21-10-12-23-35(32)47(39(33)38)31-19-8-5-9-20-31/h4-27H,1-3H3. The third-order valence-electron chi connectivity index (χ3n) is 9.33. The zero-order valence-electron chi connectivity index (χ0n) is 27.1. The predicted molar refractivity (Wildman–Crippen MR) is 198 cm³/mol. The van der Waals surface area contributed by atoms with Crippen molar-refractivity contribution in [2.45, 2.75) is 26.2 Å². The Kier molecular flexibility index (Phi) is 6.31. The second-order valence-corrected chi connectivity index (χ2v) is 13.4. The van der Waals surface area contributed by atoms with Crippen LogP contribution in [0.4, 0.5) is 0 Å². The Bertz CT molecular complexity index is 2640. The lowest BCUT2D eigenvalue weighted by molar-refractivity contribution is 0.590. The van der Waals surface area contributed by atoms with Crippen molar-refractivity contribution in [2.24, 2.45) is 0 Å². The van der Waals surface area contributed by atoms with E-state index < -0.39 is 0 Å². The van der Waals surface area contributed by atoms with E-state index in [1.807, 2.05) is 18.2 Å². The lowest BCUT2D eigenvalue weighted by atomic mass is 9.86. The summed E-state index contributed by atoms with van der Waals surface area (Å²) in [5.41, 5.74) is 8.70. The average Bonchev–Trinajstić information content (AvgIpc) is 3.65. The van der Waals surface area contributed by atoms with Gasteiger partial charge in [0.25, 0.3) is 0 Å². The van der Waals surface area contributed by atoms with E-state index in [1.165, 1.54) is 32.8 Å². The minimum Gasteiger partial charge on any atom is -0.309 e. The molecule has 3 aromatic heterocycles. The van der Waals surface area contributed by atoms with E-state index in [0.29, 0.717) is 17.6 Å². The zero-order chi connectivity index (χ0) is 32.4. The molecule has 0 aliphatic carbocycles. The van der Waals surface area contributed by atoms with Gasteiger partial charge in [0.2, 0.25) is 5.95 Å². The zero-order valence-corrected chi connectivity index (χ0v) is 27.1. The van der Waals surface area contributed by atoms with Crippen LogP contribution in [0, 0.1) is 0 Å².